The highest BCUT2D eigenvalue weighted by Gasteiger charge is 2.30. The van der Waals surface area contributed by atoms with Gasteiger partial charge in [0.15, 0.2) is 5.56 Å². The van der Waals surface area contributed by atoms with Crippen molar-refractivity contribution in [1.82, 2.24) is 19.5 Å². The molecule has 0 saturated heterocycles. The standard InChI is InChI=1S/C19H27N5O5/c1-19(2,3)11-23-14-9-13(10-20-29-8-7-28-4)22-24(14)18(27)15(17(23)26)16(25)21-12-5-6-12/h9-10,12,27H,5-8,11H2,1-4H3,(H,21,25)/b20-10+. The van der Waals surface area contributed by atoms with Gasteiger partial charge in [-0.15, -0.1) is 0 Å². The monoisotopic (exact) mass is 405 g/mol. The molecule has 0 unspecified atom stereocenters. The van der Waals surface area contributed by atoms with E-state index in [4.69, 9.17) is 9.57 Å². The van der Waals surface area contributed by atoms with Gasteiger partial charge in [0.1, 0.15) is 17.9 Å². The van der Waals surface area contributed by atoms with E-state index in [1.54, 1.807) is 13.2 Å². The van der Waals surface area contributed by atoms with Gasteiger partial charge in [-0.1, -0.05) is 25.9 Å². The maximum atomic E-state index is 13.1. The molecular formula is C19H27N5O5. The van der Waals surface area contributed by atoms with Crippen molar-refractivity contribution in [3.8, 4) is 5.88 Å². The van der Waals surface area contributed by atoms with Crippen LogP contribution in [-0.2, 0) is 16.1 Å². The van der Waals surface area contributed by atoms with E-state index >= 15 is 0 Å². The highest BCUT2D eigenvalue weighted by atomic mass is 16.6. The SMILES string of the molecule is COCCO/N=C/c1cc2n(CC(C)(C)C)c(=O)c(C(=O)NC3CC3)c(O)n2n1. The molecule has 0 bridgehead atoms. The predicted octanol–water partition coefficient (Wildman–Crippen LogP) is 1.14. The molecule has 10 nitrogen and oxygen atoms in total. The van der Waals surface area contributed by atoms with Crippen molar-refractivity contribution in [1.29, 1.82) is 0 Å². The number of nitrogens with zero attached hydrogens (tertiary/aromatic N) is 4. The summed E-state index contributed by atoms with van der Waals surface area (Å²) in [6, 6.07) is 1.66. The molecule has 0 aliphatic heterocycles. The number of rotatable bonds is 8. The lowest BCUT2D eigenvalue weighted by Crippen LogP contribution is -2.37. The van der Waals surface area contributed by atoms with Crippen LogP contribution in [0.5, 0.6) is 5.88 Å². The number of nitrogens with one attached hydrogen (secondary N) is 1. The Kier molecular flexibility index (Phi) is 5.92. The van der Waals surface area contributed by atoms with Gasteiger partial charge in [0, 0.05) is 25.8 Å². The number of amides is 1. The van der Waals surface area contributed by atoms with Crippen LogP contribution in [-0.4, -0.2) is 57.8 Å². The van der Waals surface area contributed by atoms with Crippen LogP contribution in [0.25, 0.3) is 5.65 Å². The summed E-state index contributed by atoms with van der Waals surface area (Å²) in [5.41, 5.74) is -0.365. The number of hydrogen-bond donors (Lipinski definition) is 2. The van der Waals surface area contributed by atoms with Crippen molar-refractivity contribution >= 4 is 17.8 Å². The average Bonchev–Trinajstić information content (AvgIpc) is 3.33. The highest BCUT2D eigenvalue weighted by Crippen LogP contribution is 2.23. The third-order valence-corrected chi connectivity index (χ3v) is 4.28. The number of methoxy groups -OCH3 is 1. The van der Waals surface area contributed by atoms with E-state index in [-0.39, 0.29) is 23.6 Å². The van der Waals surface area contributed by atoms with Crippen LogP contribution in [0.1, 0.15) is 49.7 Å². The molecule has 0 radical (unpaired) electrons. The minimum atomic E-state index is -0.590. The molecule has 158 valence electrons. The molecule has 1 saturated carbocycles. The Labute approximate surface area is 168 Å². The van der Waals surface area contributed by atoms with Crippen LogP contribution < -0.4 is 10.9 Å². The minimum Gasteiger partial charge on any atom is -0.492 e. The maximum absolute atomic E-state index is 13.1. The van der Waals surface area contributed by atoms with E-state index in [0.717, 1.165) is 12.8 Å². The zero-order valence-electron chi connectivity index (χ0n) is 17.1. The lowest BCUT2D eigenvalue weighted by atomic mass is 9.97. The van der Waals surface area contributed by atoms with Gasteiger partial charge in [-0.2, -0.15) is 9.61 Å². The third kappa shape index (κ3) is 4.94. The normalized spacial score (nSPS) is 14.6. The van der Waals surface area contributed by atoms with Crippen molar-refractivity contribution in [3.05, 3.63) is 27.7 Å². The Hall–Kier alpha value is -2.88. The molecule has 1 aliphatic carbocycles. The van der Waals surface area contributed by atoms with Crippen molar-refractivity contribution in [2.24, 2.45) is 10.6 Å². The molecule has 1 fully saturated rings. The third-order valence-electron chi connectivity index (χ3n) is 4.28. The van der Waals surface area contributed by atoms with Gasteiger partial charge in [-0.3, -0.25) is 14.2 Å². The Bertz CT molecular complexity index is 982. The largest absolute Gasteiger partial charge is 0.492 e. The second-order valence-corrected chi connectivity index (χ2v) is 8.30. The van der Waals surface area contributed by atoms with Gasteiger partial charge in [0.2, 0.25) is 5.88 Å². The van der Waals surface area contributed by atoms with Crippen LogP contribution in [0.3, 0.4) is 0 Å². The van der Waals surface area contributed by atoms with E-state index in [1.165, 1.54) is 15.3 Å². The van der Waals surface area contributed by atoms with Crippen LogP contribution in [0.2, 0.25) is 0 Å². The zero-order valence-corrected chi connectivity index (χ0v) is 17.1. The van der Waals surface area contributed by atoms with Gasteiger partial charge < -0.3 is 20.0 Å². The molecule has 3 rings (SSSR count). The summed E-state index contributed by atoms with van der Waals surface area (Å²) < 4.78 is 7.51. The first-order valence-electron chi connectivity index (χ1n) is 9.52. The van der Waals surface area contributed by atoms with Crippen LogP contribution >= 0.6 is 0 Å². The number of aromatic nitrogens is 3. The zero-order chi connectivity index (χ0) is 21.2. The topological polar surface area (TPSA) is 119 Å². The van der Waals surface area contributed by atoms with E-state index in [0.29, 0.717) is 24.5 Å². The molecule has 2 N–H and O–H groups in total. The molecule has 0 spiro atoms. The van der Waals surface area contributed by atoms with E-state index < -0.39 is 17.3 Å². The van der Waals surface area contributed by atoms with Crippen LogP contribution in [0.15, 0.2) is 16.0 Å². The molecule has 10 heteroatoms. The first-order chi connectivity index (χ1) is 13.7. The fourth-order valence-electron chi connectivity index (χ4n) is 2.82. The van der Waals surface area contributed by atoms with Crippen LogP contribution in [0, 0.1) is 5.41 Å². The number of fused-ring (bicyclic) bond motifs is 1. The number of aromatic hydroxyl groups is 1. The average molecular weight is 405 g/mol. The van der Waals surface area contributed by atoms with Gasteiger partial charge in [0.25, 0.3) is 11.5 Å². The number of carbonyl (C=O) groups excluding carboxylic acids is 1. The van der Waals surface area contributed by atoms with Crippen molar-refractivity contribution in [2.45, 2.75) is 46.2 Å². The fraction of sp³-hybridized carbons (Fsp3) is 0.579. The fourth-order valence-corrected chi connectivity index (χ4v) is 2.82. The lowest BCUT2D eigenvalue weighted by Gasteiger charge is -2.21. The quantitative estimate of drug-likeness (QED) is 0.386. The van der Waals surface area contributed by atoms with Gasteiger partial charge in [-0.05, 0) is 18.3 Å². The molecule has 2 aromatic rings. The van der Waals surface area contributed by atoms with E-state index in [9.17, 15) is 14.7 Å². The first kappa shape index (κ1) is 20.8. The molecule has 29 heavy (non-hydrogen) atoms. The molecule has 2 heterocycles. The van der Waals surface area contributed by atoms with E-state index in [2.05, 4.69) is 15.6 Å². The Morgan fingerprint density at radius 1 is 1.41 bits per heavy atom. The second kappa shape index (κ2) is 8.24. The second-order valence-electron chi connectivity index (χ2n) is 8.30. The molecule has 0 aromatic carbocycles. The van der Waals surface area contributed by atoms with Crippen molar-refractivity contribution < 1.29 is 19.5 Å². The highest BCUT2D eigenvalue weighted by molar-refractivity contribution is 5.96. The molecule has 1 aliphatic rings. The summed E-state index contributed by atoms with van der Waals surface area (Å²) in [6.07, 6.45) is 3.12. The van der Waals surface area contributed by atoms with Crippen LogP contribution in [0.4, 0.5) is 0 Å². The van der Waals surface area contributed by atoms with Crippen molar-refractivity contribution in [2.75, 3.05) is 20.3 Å². The first-order valence-corrected chi connectivity index (χ1v) is 9.52. The molecule has 2 aromatic heterocycles. The van der Waals surface area contributed by atoms with Gasteiger partial charge in [-0.25, -0.2) is 0 Å². The number of carbonyl (C=O) groups is 1. The Balaban J connectivity index is 2.05. The lowest BCUT2D eigenvalue weighted by molar-refractivity contribution is 0.0759. The number of oxime groups is 1. The van der Waals surface area contributed by atoms with Crippen molar-refractivity contribution in [3.63, 3.8) is 0 Å². The molecular weight excluding hydrogens is 378 g/mol. The van der Waals surface area contributed by atoms with Gasteiger partial charge in [0.05, 0.1) is 12.8 Å². The summed E-state index contributed by atoms with van der Waals surface area (Å²) in [4.78, 5) is 30.7. The summed E-state index contributed by atoms with van der Waals surface area (Å²) >= 11 is 0. The summed E-state index contributed by atoms with van der Waals surface area (Å²) in [5, 5.41) is 21.5. The summed E-state index contributed by atoms with van der Waals surface area (Å²) in [7, 11) is 1.56. The van der Waals surface area contributed by atoms with E-state index in [1.807, 2.05) is 20.8 Å². The Morgan fingerprint density at radius 3 is 2.76 bits per heavy atom. The van der Waals surface area contributed by atoms with Gasteiger partial charge >= 0.3 is 0 Å². The smallest absolute Gasteiger partial charge is 0.270 e. The molecule has 1 amide bonds. The summed E-state index contributed by atoms with van der Waals surface area (Å²) in [6.45, 7) is 6.96. The molecule has 0 atom stereocenters. The summed E-state index contributed by atoms with van der Waals surface area (Å²) in [5.74, 6) is -1.08. The number of ether oxygens (including phenoxy) is 1. The maximum Gasteiger partial charge on any atom is 0.270 e. The minimum absolute atomic E-state index is 0.0534. The Morgan fingerprint density at radius 2 is 2.14 bits per heavy atom. The number of hydrogen-bond acceptors (Lipinski definition) is 7. The predicted molar refractivity (Wildman–Crippen MR) is 106 cm³/mol.